The zero-order valence-electron chi connectivity index (χ0n) is 17.5. The minimum absolute atomic E-state index is 0.0788. The first kappa shape index (κ1) is 20.6. The lowest BCUT2D eigenvalue weighted by Gasteiger charge is -2.36. The summed E-state index contributed by atoms with van der Waals surface area (Å²) in [6.45, 7) is 6.19. The van der Waals surface area contributed by atoms with E-state index in [1.165, 1.54) is 25.7 Å². The van der Waals surface area contributed by atoms with Crippen LogP contribution in [-0.2, 0) is 0 Å². The SMILES string of the molecule is O=C(c1cccc(OC2CCN(C3CCCC3)CC2)c1)N1CCN(CCO)CC1. The molecule has 0 aromatic heterocycles. The van der Waals surface area contributed by atoms with E-state index in [0.717, 1.165) is 50.8 Å². The number of rotatable bonds is 6. The van der Waals surface area contributed by atoms with Crippen molar-refractivity contribution in [2.45, 2.75) is 50.7 Å². The number of ether oxygens (including phenoxy) is 1. The highest BCUT2D eigenvalue weighted by Crippen LogP contribution is 2.27. The second-order valence-corrected chi connectivity index (χ2v) is 8.68. The van der Waals surface area contributed by atoms with Crippen LogP contribution in [0, 0.1) is 0 Å². The Morgan fingerprint density at radius 2 is 1.72 bits per heavy atom. The monoisotopic (exact) mass is 401 g/mol. The molecule has 1 aromatic rings. The van der Waals surface area contributed by atoms with Gasteiger partial charge in [0.15, 0.2) is 0 Å². The van der Waals surface area contributed by atoms with E-state index in [4.69, 9.17) is 9.84 Å². The largest absolute Gasteiger partial charge is 0.490 e. The number of amides is 1. The standard InChI is InChI=1S/C23H35N3O3/c27-17-16-24-12-14-26(15-13-24)23(28)19-4-3-7-22(18-19)29-21-8-10-25(11-9-21)20-5-1-2-6-20/h3-4,7,18,20-21,27H,1-2,5-6,8-17H2. The van der Waals surface area contributed by atoms with Gasteiger partial charge in [0.25, 0.3) is 5.91 Å². The maximum atomic E-state index is 12.9. The molecule has 1 aliphatic carbocycles. The maximum absolute atomic E-state index is 12.9. The normalized spacial score (nSPS) is 22.9. The Bertz CT molecular complexity index is 661. The summed E-state index contributed by atoms with van der Waals surface area (Å²) >= 11 is 0. The third-order valence-corrected chi connectivity index (χ3v) is 6.78. The van der Waals surface area contributed by atoms with Gasteiger partial charge in [-0.05, 0) is 43.9 Å². The summed E-state index contributed by atoms with van der Waals surface area (Å²) in [5.74, 6) is 0.893. The number of carbonyl (C=O) groups excluding carboxylic acids is 1. The average Bonchev–Trinajstić information content (AvgIpc) is 3.30. The second-order valence-electron chi connectivity index (χ2n) is 8.68. The lowest BCUT2D eigenvalue weighted by molar-refractivity contribution is 0.0611. The summed E-state index contributed by atoms with van der Waals surface area (Å²) in [5, 5.41) is 9.07. The molecule has 160 valence electrons. The Kier molecular flexibility index (Phi) is 7.06. The molecular formula is C23H35N3O3. The molecule has 2 aliphatic heterocycles. The Labute approximate surface area is 174 Å². The zero-order valence-corrected chi connectivity index (χ0v) is 17.5. The van der Waals surface area contributed by atoms with Crippen molar-refractivity contribution in [3.8, 4) is 5.75 Å². The van der Waals surface area contributed by atoms with Crippen molar-refractivity contribution in [3.63, 3.8) is 0 Å². The highest BCUT2D eigenvalue weighted by atomic mass is 16.5. The van der Waals surface area contributed by atoms with Crippen LogP contribution >= 0.6 is 0 Å². The van der Waals surface area contributed by atoms with Crippen LogP contribution in [0.4, 0.5) is 0 Å². The van der Waals surface area contributed by atoms with Crippen LogP contribution in [0.5, 0.6) is 5.75 Å². The quantitative estimate of drug-likeness (QED) is 0.792. The summed E-state index contributed by atoms with van der Waals surface area (Å²) in [5.41, 5.74) is 0.710. The molecule has 1 N–H and O–H groups in total. The van der Waals surface area contributed by atoms with Crippen molar-refractivity contribution >= 4 is 5.91 Å². The Hall–Kier alpha value is -1.63. The van der Waals surface area contributed by atoms with Gasteiger partial charge in [0.2, 0.25) is 0 Å². The van der Waals surface area contributed by atoms with Crippen molar-refractivity contribution in [3.05, 3.63) is 29.8 Å². The number of nitrogens with zero attached hydrogens (tertiary/aromatic N) is 3. The lowest BCUT2D eigenvalue weighted by atomic mass is 10.0. The summed E-state index contributed by atoms with van der Waals surface area (Å²) in [6.07, 6.45) is 7.90. The fourth-order valence-electron chi connectivity index (χ4n) is 5.02. The van der Waals surface area contributed by atoms with Crippen molar-refractivity contribution in [2.75, 3.05) is 52.4 Å². The van der Waals surface area contributed by atoms with Gasteiger partial charge < -0.3 is 19.6 Å². The van der Waals surface area contributed by atoms with Gasteiger partial charge in [0.1, 0.15) is 11.9 Å². The lowest BCUT2D eigenvalue weighted by Crippen LogP contribution is -2.49. The molecule has 3 aliphatic rings. The van der Waals surface area contributed by atoms with Gasteiger partial charge in [-0.15, -0.1) is 0 Å². The Morgan fingerprint density at radius 3 is 2.41 bits per heavy atom. The molecule has 29 heavy (non-hydrogen) atoms. The molecule has 2 saturated heterocycles. The molecular weight excluding hydrogens is 366 g/mol. The highest BCUT2D eigenvalue weighted by Gasteiger charge is 2.28. The van der Waals surface area contributed by atoms with Gasteiger partial charge in [0, 0.05) is 57.4 Å². The van der Waals surface area contributed by atoms with E-state index in [9.17, 15) is 4.79 Å². The molecule has 1 aromatic carbocycles. The zero-order chi connectivity index (χ0) is 20.1. The molecule has 4 rings (SSSR count). The van der Waals surface area contributed by atoms with Crippen LogP contribution in [0.3, 0.4) is 0 Å². The number of hydrogen-bond acceptors (Lipinski definition) is 5. The van der Waals surface area contributed by atoms with Gasteiger partial charge >= 0.3 is 0 Å². The molecule has 0 bridgehead atoms. The number of aliphatic hydroxyl groups excluding tert-OH is 1. The summed E-state index contributed by atoms with van der Waals surface area (Å²) in [4.78, 5) is 19.7. The van der Waals surface area contributed by atoms with Gasteiger partial charge in [-0.3, -0.25) is 9.69 Å². The number of piperidine rings is 1. The van der Waals surface area contributed by atoms with E-state index in [1.807, 2.05) is 29.2 Å². The highest BCUT2D eigenvalue weighted by molar-refractivity contribution is 5.94. The predicted octanol–water partition coefficient (Wildman–Crippen LogP) is 2.22. The minimum Gasteiger partial charge on any atom is -0.490 e. The van der Waals surface area contributed by atoms with Crippen molar-refractivity contribution in [1.29, 1.82) is 0 Å². The fourth-order valence-corrected chi connectivity index (χ4v) is 5.02. The van der Waals surface area contributed by atoms with Crippen molar-refractivity contribution < 1.29 is 14.6 Å². The van der Waals surface area contributed by atoms with Crippen molar-refractivity contribution in [2.24, 2.45) is 0 Å². The smallest absolute Gasteiger partial charge is 0.254 e. The van der Waals surface area contributed by atoms with E-state index in [-0.39, 0.29) is 18.6 Å². The molecule has 0 atom stereocenters. The van der Waals surface area contributed by atoms with Gasteiger partial charge in [-0.25, -0.2) is 0 Å². The van der Waals surface area contributed by atoms with Crippen LogP contribution in [-0.4, -0.2) is 90.3 Å². The topological polar surface area (TPSA) is 56.2 Å². The van der Waals surface area contributed by atoms with Crippen LogP contribution in [0.1, 0.15) is 48.9 Å². The third kappa shape index (κ3) is 5.30. The van der Waals surface area contributed by atoms with Gasteiger partial charge in [0.05, 0.1) is 6.61 Å². The molecule has 3 fully saturated rings. The van der Waals surface area contributed by atoms with Crippen LogP contribution in [0.2, 0.25) is 0 Å². The van der Waals surface area contributed by atoms with E-state index < -0.39 is 0 Å². The fraction of sp³-hybridized carbons (Fsp3) is 0.696. The molecule has 2 heterocycles. The Morgan fingerprint density at radius 1 is 1.00 bits per heavy atom. The number of β-amino-alcohol motifs (C(OH)–C–C–N with tert-alkyl or cyclic N) is 1. The minimum atomic E-state index is 0.0788. The molecule has 0 unspecified atom stereocenters. The van der Waals surface area contributed by atoms with Crippen LogP contribution in [0.25, 0.3) is 0 Å². The van der Waals surface area contributed by atoms with Crippen molar-refractivity contribution in [1.82, 2.24) is 14.7 Å². The molecule has 6 heteroatoms. The second kappa shape index (κ2) is 9.92. The van der Waals surface area contributed by atoms with E-state index in [0.29, 0.717) is 25.2 Å². The molecule has 1 saturated carbocycles. The first-order valence-corrected chi connectivity index (χ1v) is 11.4. The first-order valence-electron chi connectivity index (χ1n) is 11.4. The van der Waals surface area contributed by atoms with E-state index in [2.05, 4.69) is 9.80 Å². The van der Waals surface area contributed by atoms with Crippen LogP contribution in [0.15, 0.2) is 24.3 Å². The average molecular weight is 402 g/mol. The predicted molar refractivity (Wildman–Crippen MR) is 113 cm³/mol. The van der Waals surface area contributed by atoms with E-state index >= 15 is 0 Å². The molecule has 0 spiro atoms. The number of aliphatic hydroxyl groups is 1. The summed E-state index contributed by atoms with van der Waals surface area (Å²) in [7, 11) is 0. The third-order valence-electron chi connectivity index (χ3n) is 6.78. The number of benzene rings is 1. The van der Waals surface area contributed by atoms with Gasteiger partial charge in [-0.2, -0.15) is 0 Å². The Balaban J connectivity index is 1.28. The first-order chi connectivity index (χ1) is 14.2. The number of carbonyl (C=O) groups is 1. The number of hydrogen-bond donors (Lipinski definition) is 1. The van der Waals surface area contributed by atoms with E-state index in [1.54, 1.807) is 0 Å². The van der Waals surface area contributed by atoms with Crippen LogP contribution < -0.4 is 4.74 Å². The molecule has 1 amide bonds. The number of likely N-dealkylation sites (tertiary alicyclic amines) is 1. The maximum Gasteiger partial charge on any atom is 0.254 e. The molecule has 6 nitrogen and oxygen atoms in total. The van der Waals surface area contributed by atoms with Gasteiger partial charge in [-0.1, -0.05) is 18.9 Å². The summed E-state index contributed by atoms with van der Waals surface area (Å²) < 4.78 is 6.26. The number of piperazine rings is 1. The molecule has 0 radical (unpaired) electrons. The summed E-state index contributed by atoms with van der Waals surface area (Å²) in [6, 6.07) is 8.50.